The van der Waals surface area contributed by atoms with Crippen LogP contribution in [0.15, 0.2) is 194 Å². The minimum Gasteiger partial charge on any atom is -0.309 e. The molecule has 0 fully saturated rings. The van der Waals surface area contributed by atoms with Gasteiger partial charge in [0, 0.05) is 49.4 Å². The minimum atomic E-state index is 0.705. The Balaban J connectivity index is 1.16. The summed E-state index contributed by atoms with van der Waals surface area (Å²) in [6.45, 7) is 0. The molecule has 0 unspecified atom stereocenters. The maximum Gasteiger partial charge on any atom is 0.160 e. The molecule has 0 saturated carbocycles. The molecular formula is C50H32N4. The normalized spacial score (nSPS) is 11.7. The lowest BCUT2D eigenvalue weighted by atomic mass is 10.1. The molecular weight excluding hydrogens is 657 g/mol. The van der Waals surface area contributed by atoms with Crippen LogP contribution in [-0.4, -0.2) is 19.1 Å². The number of rotatable bonds is 5. The lowest BCUT2D eigenvalue weighted by molar-refractivity contribution is 1.17. The minimum absolute atomic E-state index is 0.705. The van der Waals surface area contributed by atoms with E-state index in [4.69, 9.17) is 9.97 Å². The van der Waals surface area contributed by atoms with Gasteiger partial charge in [0.2, 0.25) is 0 Å². The molecule has 54 heavy (non-hydrogen) atoms. The molecule has 0 bridgehead atoms. The van der Waals surface area contributed by atoms with Crippen LogP contribution in [0, 0.1) is 0 Å². The number of benzene rings is 8. The second-order valence-corrected chi connectivity index (χ2v) is 13.8. The highest BCUT2D eigenvalue weighted by Gasteiger charge is 2.21. The fourth-order valence-corrected chi connectivity index (χ4v) is 8.29. The number of fused-ring (bicyclic) bond motifs is 8. The van der Waals surface area contributed by atoms with Crippen LogP contribution in [-0.2, 0) is 0 Å². The number of hydrogen-bond acceptors (Lipinski definition) is 2. The summed E-state index contributed by atoms with van der Waals surface area (Å²) in [5.74, 6) is 0.705. The second kappa shape index (κ2) is 12.1. The average Bonchev–Trinajstić information content (AvgIpc) is 3.77. The van der Waals surface area contributed by atoms with Gasteiger partial charge in [0.05, 0.1) is 33.3 Å². The number of aromatic nitrogens is 4. The summed E-state index contributed by atoms with van der Waals surface area (Å²) in [7, 11) is 0. The van der Waals surface area contributed by atoms with E-state index in [0.29, 0.717) is 5.82 Å². The van der Waals surface area contributed by atoms with Gasteiger partial charge in [-0.15, -0.1) is 0 Å². The van der Waals surface area contributed by atoms with Crippen molar-refractivity contribution in [1.29, 1.82) is 0 Å². The van der Waals surface area contributed by atoms with Gasteiger partial charge >= 0.3 is 0 Å². The molecule has 4 nitrogen and oxygen atoms in total. The van der Waals surface area contributed by atoms with Gasteiger partial charge in [-0.05, 0) is 59.7 Å². The number of para-hydroxylation sites is 3. The van der Waals surface area contributed by atoms with Gasteiger partial charge in [-0.1, -0.05) is 146 Å². The predicted octanol–water partition coefficient (Wildman–Crippen LogP) is 12.8. The molecule has 252 valence electrons. The van der Waals surface area contributed by atoms with Crippen molar-refractivity contribution in [2.75, 3.05) is 0 Å². The summed E-state index contributed by atoms with van der Waals surface area (Å²) >= 11 is 0. The van der Waals surface area contributed by atoms with Gasteiger partial charge in [-0.25, -0.2) is 9.97 Å². The summed E-state index contributed by atoms with van der Waals surface area (Å²) in [4.78, 5) is 10.3. The molecule has 11 rings (SSSR count). The van der Waals surface area contributed by atoms with Crippen LogP contribution in [0.25, 0.3) is 99.7 Å². The molecule has 0 amide bonds. The van der Waals surface area contributed by atoms with E-state index in [1.165, 1.54) is 49.2 Å². The Labute approximate surface area is 311 Å². The van der Waals surface area contributed by atoms with E-state index in [9.17, 15) is 0 Å². The molecule has 0 aliphatic rings. The first-order valence-corrected chi connectivity index (χ1v) is 18.3. The SMILES string of the molecule is c1ccc(-c2ccc(-n3c4ccccc4c4c3ccc3c5ccccc5n(-c5cccc(-c6nc(-c7ccccc7)c7ccccc7n6)c5)c34)cc2)cc1. The Hall–Kier alpha value is -7.30. The molecule has 4 heteroatoms. The molecule has 0 atom stereocenters. The van der Waals surface area contributed by atoms with Crippen LogP contribution in [0.3, 0.4) is 0 Å². The zero-order valence-corrected chi connectivity index (χ0v) is 29.3. The molecule has 0 saturated heterocycles. The van der Waals surface area contributed by atoms with Crippen LogP contribution in [0.4, 0.5) is 0 Å². The molecule has 0 aliphatic heterocycles. The van der Waals surface area contributed by atoms with Crippen molar-refractivity contribution in [2.45, 2.75) is 0 Å². The fraction of sp³-hybridized carbons (Fsp3) is 0. The largest absolute Gasteiger partial charge is 0.309 e. The third-order valence-corrected chi connectivity index (χ3v) is 10.7. The topological polar surface area (TPSA) is 35.6 Å². The Bertz CT molecular complexity index is 3190. The summed E-state index contributed by atoms with van der Waals surface area (Å²) in [6.07, 6.45) is 0. The highest BCUT2D eigenvalue weighted by atomic mass is 15.0. The second-order valence-electron chi connectivity index (χ2n) is 13.8. The van der Waals surface area contributed by atoms with E-state index in [0.717, 1.165) is 44.6 Å². The van der Waals surface area contributed by atoms with Crippen LogP contribution >= 0.6 is 0 Å². The average molecular weight is 689 g/mol. The van der Waals surface area contributed by atoms with Crippen molar-refractivity contribution < 1.29 is 0 Å². The van der Waals surface area contributed by atoms with E-state index < -0.39 is 0 Å². The summed E-state index contributed by atoms with van der Waals surface area (Å²) in [6, 6.07) is 69.0. The quantitative estimate of drug-likeness (QED) is 0.180. The lowest BCUT2D eigenvalue weighted by Gasteiger charge is -2.13. The van der Waals surface area contributed by atoms with E-state index in [-0.39, 0.29) is 0 Å². The van der Waals surface area contributed by atoms with Gasteiger partial charge in [0.1, 0.15) is 0 Å². The summed E-state index contributed by atoms with van der Waals surface area (Å²) in [5.41, 5.74) is 13.2. The van der Waals surface area contributed by atoms with Gasteiger partial charge in [-0.3, -0.25) is 0 Å². The molecule has 0 radical (unpaired) electrons. The Morgan fingerprint density at radius 2 is 0.944 bits per heavy atom. The van der Waals surface area contributed by atoms with E-state index in [1.54, 1.807) is 0 Å². The van der Waals surface area contributed by atoms with Crippen LogP contribution < -0.4 is 0 Å². The van der Waals surface area contributed by atoms with Crippen molar-refractivity contribution in [1.82, 2.24) is 19.1 Å². The summed E-state index contributed by atoms with van der Waals surface area (Å²) in [5, 5.41) is 5.93. The van der Waals surface area contributed by atoms with Crippen molar-refractivity contribution in [3.8, 4) is 45.1 Å². The zero-order valence-electron chi connectivity index (χ0n) is 29.3. The van der Waals surface area contributed by atoms with Crippen LogP contribution in [0.2, 0.25) is 0 Å². The van der Waals surface area contributed by atoms with Crippen molar-refractivity contribution in [3.05, 3.63) is 194 Å². The number of nitrogens with zero attached hydrogens (tertiary/aromatic N) is 4. The molecule has 3 heterocycles. The van der Waals surface area contributed by atoms with E-state index in [2.05, 4.69) is 191 Å². The Kier molecular flexibility index (Phi) is 6.82. The van der Waals surface area contributed by atoms with Crippen molar-refractivity contribution >= 4 is 54.5 Å². The third kappa shape index (κ3) is 4.70. The van der Waals surface area contributed by atoms with E-state index in [1.807, 2.05) is 12.1 Å². The highest BCUT2D eigenvalue weighted by Crippen LogP contribution is 2.42. The first-order chi connectivity index (χ1) is 26.8. The molecule has 8 aromatic carbocycles. The van der Waals surface area contributed by atoms with Gasteiger partial charge in [0.25, 0.3) is 0 Å². The maximum atomic E-state index is 5.22. The Morgan fingerprint density at radius 1 is 0.333 bits per heavy atom. The first-order valence-electron chi connectivity index (χ1n) is 18.3. The molecule has 11 aromatic rings. The number of hydrogen-bond donors (Lipinski definition) is 0. The predicted molar refractivity (Wildman–Crippen MR) is 225 cm³/mol. The van der Waals surface area contributed by atoms with Crippen molar-refractivity contribution in [2.24, 2.45) is 0 Å². The zero-order chi connectivity index (χ0) is 35.6. The summed E-state index contributed by atoms with van der Waals surface area (Å²) < 4.78 is 4.84. The van der Waals surface area contributed by atoms with Crippen LogP contribution in [0.5, 0.6) is 0 Å². The first kappa shape index (κ1) is 30.3. The third-order valence-electron chi connectivity index (χ3n) is 10.7. The highest BCUT2D eigenvalue weighted by molar-refractivity contribution is 6.26. The van der Waals surface area contributed by atoms with Gasteiger partial charge < -0.3 is 9.13 Å². The van der Waals surface area contributed by atoms with Gasteiger partial charge in [-0.2, -0.15) is 0 Å². The molecule has 0 N–H and O–H groups in total. The van der Waals surface area contributed by atoms with E-state index >= 15 is 0 Å². The monoisotopic (exact) mass is 688 g/mol. The maximum absolute atomic E-state index is 5.22. The van der Waals surface area contributed by atoms with Crippen molar-refractivity contribution in [3.63, 3.8) is 0 Å². The molecule has 0 aliphatic carbocycles. The fourth-order valence-electron chi connectivity index (χ4n) is 8.29. The smallest absolute Gasteiger partial charge is 0.160 e. The lowest BCUT2D eigenvalue weighted by Crippen LogP contribution is -1.98. The Morgan fingerprint density at radius 3 is 1.72 bits per heavy atom. The standard InChI is InChI=1S/C50H32N4/c1-3-14-33(15-4-1)34-26-28-37(29-27-34)53-45-25-12-9-22-42(45)47-46(53)31-30-40-39-20-8-11-24-44(39)54(49(40)47)38-19-13-18-36(32-38)50-51-43-23-10-7-21-41(43)48(52-50)35-16-5-2-6-17-35/h1-32H. The molecule has 0 spiro atoms. The van der Waals surface area contributed by atoms with Gasteiger partial charge in [0.15, 0.2) is 5.82 Å². The van der Waals surface area contributed by atoms with Crippen LogP contribution in [0.1, 0.15) is 0 Å². The molecule has 3 aromatic heterocycles.